The predicted molar refractivity (Wildman–Crippen MR) is 80.4 cm³/mol. The lowest BCUT2D eigenvalue weighted by Gasteiger charge is -2.31. The smallest absolute Gasteiger partial charge is 0.176 e. The van der Waals surface area contributed by atoms with Crippen LogP contribution in [-0.2, 0) is 0 Å². The van der Waals surface area contributed by atoms with E-state index in [0.29, 0.717) is 12.6 Å². The number of benzene rings is 1. The zero-order valence-electron chi connectivity index (χ0n) is 11.1. The Balaban J connectivity index is 1.66. The summed E-state index contributed by atoms with van der Waals surface area (Å²) in [4.78, 5) is 14.8. The number of fused-ring (bicyclic) bond motifs is 1. The van der Waals surface area contributed by atoms with Gasteiger partial charge in [0.25, 0.3) is 0 Å². The van der Waals surface area contributed by atoms with Crippen molar-refractivity contribution in [2.45, 2.75) is 38.1 Å². The van der Waals surface area contributed by atoms with Crippen molar-refractivity contribution in [3.05, 3.63) is 34.3 Å². The first-order valence-corrected chi connectivity index (χ1v) is 8.06. The molecule has 2 nitrogen and oxygen atoms in total. The van der Waals surface area contributed by atoms with Crippen LogP contribution in [0.15, 0.2) is 28.7 Å². The minimum Gasteiger partial charge on any atom is -0.293 e. The van der Waals surface area contributed by atoms with Crippen molar-refractivity contribution in [3.8, 4) is 0 Å². The monoisotopic (exact) mass is 321 g/mol. The zero-order chi connectivity index (χ0) is 13.2. The zero-order valence-corrected chi connectivity index (χ0v) is 12.7. The van der Waals surface area contributed by atoms with Crippen molar-refractivity contribution < 1.29 is 4.79 Å². The van der Waals surface area contributed by atoms with Gasteiger partial charge in [0, 0.05) is 16.1 Å². The average molecular weight is 322 g/mol. The van der Waals surface area contributed by atoms with E-state index in [1.807, 2.05) is 24.3 Å². The quantitative estimate of drug-likeness (QED) is 0.787. The Labute approximate surface area is 123 Å². The van der Waals surface area contributed by atoms with Gasteiger partial charge in [0.15, 0.2) is 5.78 Å². The Morgan fingerprint density at radius 3 is 2.95 bits per heavy atom. The molecule has 3 heteroatoms. The minimum absolute atomic E-state index is 0.257. The summed E-state index contributed by atoms with van der Waals surface area (Å²) in [5.74, 6) is 1.11. The highest BCUT2D eigenvalue weighted by molar-refractivity contribution is 9.10. The van der Waals surface area contributed by atoms with Crippen molar-refractivity contribution in [2.75, 3.05) is 13.1 Å². The second-order valence-electron chi connectivity index (χ2n) is 5.80. The standard InChI is InChI=1S/C16H20BrNO/c17-14-6-3-5-13(10-14)16(19)11-18-9-8-12-4-1-2-7-15(12)18/h3,5-6,10,12,15H,1-2,4,7-9,11H2. The molecule has 19 heavy (non-hydrogen) atoms. The van der Waals surface area contributed by atoms with Gasteiger partial charge in [-0.25, -0.2) is 0 Å². The Bertz CT molecular complexity index is 474. The molecular formula is C16H20BrNO. The molecule has 2 fully saturated rings. The lowest BCUT2D eigenvalue weighted by atomic mass is 9.85. The lowest BCUT2D eigenvalue weighted by molar-refractivity contribution is 0.0895. The molecule has 2 atom stereocenters. The summed E-state index contributed by atoms with van der Waals surface area (Å²) in [5.41, 5.74) is 0.827. The first-order valence-electron chi connectivity index (χ1n) is 7.27. The molecule has 0 amide bonds. The molecule has 1 saturated heterocycles. The van der Waals surface area contributed by atoms with Crippen molar-refractivity contribution in [1.82, 2.24) is 4.90 Å². The fourth-order valence-electron chi connectivity index (χ4n) is 3.64. The highest BCUT2D eigenvalue weighted by Crippen LogP contribution is 2.36. The summed E-state index contributed by atoms with van der Waals surface area (Å²) < 4.78 is 0.982. The van der Waals surface area contributed by atoms with E-state index in [4.69, 9.17) is 0 Å². The van der Waals surface area contributed by atoms with Gasteiger partial charge < -0.3 is 0 Å². The van der Waals surface area contributed by atoms with E-state index in [1.54, 1.807) is 0 Å². The van der Waals surface area contributed by atoms with Crippen LogP contribution in [0.25, 0.3) is 0 Å². The first kappa shape index (κ1) is 13.3. The molecule has 0 N–H and O–H groups in total. The van der Waals surface area contributed by atoms with Crippen LogP contribution in [0, 0.1) is 5.92 Å². The van der Waals surface area contributed by atoms with Gasteiger partial charge >= 0.3 is 0 Å². The molecule has 0 bridgehead atoms. The number of Topliss-reactive ketones (excluding diaryl/α,β-unsaturated/α-hetero) is 1. The number of ketones is 1. The molecule has 1 aromatic carbocycles. The van der Waals surface area contributed by atoms with Gasteiger partial charge in [-0.2, -0.15) is 0 Å². The van der Waals surface area contributed by atoms with Crippen LogP contribution in [-0.4, -0.2) is 29.8 Å². The fourth-order valence-corrected chi connectivity index (χ4v) is 4.04. The fraction of sp³-hybridized carbons (Fsp3) is 0.562. The van der Waals surface area contributed by atoms with Gasteiger partial charge in [-0.05, 0) is 43.9 Å². The van der Waals surface area contributed by atoms with Gasteiger partial charge in [0.2, 0.25) is 0 Å². The van der Waals surface area contributed by atoms with Crippen LogP contribution >= 0.6 is 15.9 Å². The topological polar surface area (TPSA) is 20.3 Å². The Hall–Kier alpha value is -0.670. The highest BCUT2D eigenvalue weighted by Gasteiger charge is 2.36. The molecule has 0 radical (unpaired) electrons. The lowest BCUT2D eigenvalue weighted by Crippen LogP contribution is -2.38. The maximum Gasteiger partial charge on any atom is 0.176 e. The maximum absolute atomic E-state index is 12.4. The maximum atomic E-state index is 12.4. The van der Waals surface area contributed by atoms with Crippen LogP contribution in [0.4, 0.5) is 0 Å². The summed E-state index contributed by atoms with van der Waals surface area (Å²) in [6, 6.07) is 8.41. The van der Waals surface area contributed by atoms with E-state index in [9.17, 15) is 4.79 Å². The normalized spacial score (nSPS) is 27.2. The average Bonchev–Trinajstić information content (AvgIpc) is 2.82. The number of halogens is 1. The molecule has 1 saturated carbocycles. The van der Waals surface area contributed by atoms with Crippen LogP contribution < -0.4 is 0 Å². The van der Waals surface area contributed by atoms with Crippen molar-refractivity contribution >= 4 is 21.7 Å². The molecule has 2 aliphatic rings. The number of carbonyl (C=O) groups is 1. The number of rotatable bonds is 3. The number of carbonyl (C=O) groups excluding carboxylic acids is 1. The summed E-state index contributed by atoms with van der Waals surface area (Å²) in [6.45, 7) is 1.70. The molecule has 2 unspecified atom stereocenters. The molecule has 1 aliphatic carbocycles. The summed E-state index contributed by atoms with van der Waals surface area (Å²) in [7, 11) is 0. The molecule has 1 heterocycles. The number of likely N-dealkylation sites (tertiary alicyclic amines) is 1. The highest BCUT2D eigenvalue weighted by atomic mass is 79.9. The molecular weight excluding hydrogens is 302 g/mol. The predicted octanol–water partition coefficient (Wildman–Crippen LogP) is 3.90. The summed E-state index contributed by atoms with van der Waals surface area (Å²) in [6.07, 6.45) is 6.66. The number of hydrogen-bond acceptors (Lipinski definition) is 2. The van der Waals surface area contributed by atoms with Crippen LogP contribution in [0.2, 0.25) is 0 Å². The summed E-state index contributed by atoms with van der Waals surface area (Å²) >= 11 is 3.43. The SMILES string of the molecule is O=C(CN1CCC2CCCCC21)c1cccc(Br)c1. The number of nitrogens with zero attached hydrogens (tertiary/aromatic N) is 1. The van der Waals surface area contributed by atoms with Crippen molar-refractivity contribution in [2.24, 2.45) is 5.92 Å². The third-order valence-electron chi connectivity index (χ3n) is 4.62. The van der Waals surface area contributed by atoms with Gasteiger partial charge in [0.05, 0.1) is 6.54 Å². The van der Waals surface area contributed by atoms with Crippen LogP contribution in [0.5, 0.6) is 0 Å². The van der Waals surface area contributed by atoms with E-state index in [-0.39, 0.29) is 5.78 Å². The molecule has 102 valence electrons. The summed E-state index contributed by atoms with van der Waals surface area (Å²) in [5, 5.41) is 0. The molecule has 1 aromatic rings. The van der Waals surface area contributed by atoms with Gasteiger partial charge in [-0.15, -0.1) is 0 Å². The molecule has 0 spiro atoms. The van der Waals surface area contributed by atoms with Crippen LogP contribution in [0.3, 0.4) is 0 Å². The van der Waals surface area contributed by atoms with Gasteiger partial charge in [-0.3, -0.25) is 9.69 Å². The third kappa shape index (κ3) is 2.92. The van der Waals surface area contributed by atoms with Gasteiger partial charge in [-0.1, -0.05) is 40.9 Å². The van der Waals surface area contributed by atoms with Crippen molar-refractivity contribution in [1.29, 1.82) is 0 Å². The Morgan fingerprint density at radius 2 is 2.11 bits per heavy atom. The third-order valence-corrected chi connectivity index (χ3v) is 5.11. The minimum atomic E-state index is 0.257. The largest absolute Gasteiger partial charge is 0.293 e. The Kier molecular flexibility index (Phi) is 4.04. The molecule has 3 rings (SSSR count). The van der Waals surface area contributed by atoms with Crippen LogP contribution in [0.1, 0.15) is 42.5 Å². The van der Waals surface area contributed by atoms with E-state index in [0.717, 1.165) is 22.5 Å². The Morgan fingerprint density at radius 1 is 1.26 bits per heavy atom. The van der Waals surface area contributed by atoms with E-state index in [2.05, 4.69) is 20.8 Å². The van der Waals surface area contributed by atoms with Crippen molar-refractivity contribution in [3.63, 3.8) is 0 Å². The first-order chi connectivity index (χ1) is 9.24. The second-order valence-corrected chi connectivity index (χ2v) is 6.72. The van der Waals surface area contributed by atoms with E-state index >= 15 is 0 Å². The molecule has 0 aromatic heterocycles. The van der Waals surface area contributed by atoms with E-state index in [1.165, 1.54) is 32.1 Å². The number of hydrogen-bond donors (Lipinski definition) is 0. The second kappa shape index (κ2) is 5.76. The molecule has 1 aliphatic heterocycles. The van der Waals surface area contributed by atoms with Gasteiger partial charge in [0.1, 0.15) is 0 Å². The van der Waals surface area contributed by atoms with E-state index < -0.39 is 0 Å².